The first-order valence-corrected chi connectivity index (χ1v) is 9.97. The van der Waals surface area contributed by atoms with Crippen molar-refractivity contribution in [3.8, 4) is 28.2 Å². The summed E-state index contributed by atoms with van der Waals surface area (Å²) in [6.07, 6.45) is -4.56. The van der Waals surface area contributed by atoms with Crippen molar-refractivity contribution in [3.63, 3.8) is 0 Å². The molecular formula is C19H13F5N4O3S. The molecule has 4 rings (SSSR count). The lowest BCUT2D eigenvalue weighted by atomic mass is 10.2. The number of hydrogen-bond donors (Lipinski definition) is 1. The Hall–Kier alpha value is -3.27. The molecule has 13 heteroatoms. The smallest absolute Gasteiger partial charge is 0.420 e. The largest absolute Gasteiger partial charge is 0.503 e. The van der Waals surface area contributed by atoms with Gasteiger partial charge in [0.25, 0.3) is 5.91 Å². The summed E-state index contributed by atoms with van der Waals surface area (Å²) in [6, 6.07) is -1.85. The van der Waals surface area contributed by atoms with Gasteiger partial charge in [0.1, 0.15) is 10.5 Å². The second kappa shape index (κ2) is 7.40. The molecule has 1 aromatic heterocycles. The van der Waals surface area contributed by atoms with E-state index < -0.39 is 47.1 Å². The molecule has 1 saturated carbocycles. The third-order valence-electron chi connectivity index (χ3n) is 5.20. The standard InChI is InChI=1S/C19H13F5N4O3S/c1-2-3-11(19(22,23)24)28-16(30)18(6-7-18)27(17(28)31)8-12-25-26-15(32-12)9-4-5-10(20)14(29)13(9)21/h4-5,11,29H,6-8H2,1H3/t11-/m0/s1. The first-order valence-electron chi connectivity index (χ1n) is 9.15. The maximum Gasteiger partial charge on any atom is 0.420 e. The van der Waals surface area contributed by atoms with Crippen molar-refractivity contribution in [2.24, 2.45) is 0 Å². The second-order valence-corrected chi connectivity index (χ2v) is 8.23. The molecule has 1 aliphatic heterocycles. The number of phenols is 1. The Balaban J connectivity index is 1.63. The lowest BCUT2D eigenvalue weighted by Crippen LogP contribution is -2.48. The zero-order valence-electron chi connectivity index (χ0n) is 16.2. The number of benzene rings is 1. The predicted molar refractivity (Wildman–Crippen MR) is 100.0 cm³/mol. The summed E-state index contributed by atoms with van der Waals surface area (Å²) >= 11 is 0.789. The summed E-state index contributed by atoms with van der Waals surface area (Å²) in [6.45, 7) is 0.835. The van der Waals surface area contributed by atoms with Crippen molar-refractivity contribution in [2.45, 2.75) is 44.1 Å². The normalized spacial score (nSPS) is 18.2. The number of hydrogen-bond acceptors (Lipinski definition) is 6. The molecule has 0 radical (unpaired) electrons. The number of urea groups is 1. The zero-order valence-corrected chi connectivity index (χ0v) is 17.0. The van der Waals surface area contributed by atoms with E-state index in [1.807, 2.05) is 5.92 Å². The van der Waals surface area contributed by atoms with E-state index in [-0.39, 0.29) is 39.9 Å². The minimum atomic E-state index is -4.93. The minimum Gasteiger partial charge on any atom is -0.503 e. The van der Waals surface area contributed by atoms with Crippen LogP contribution in [0.4, 0.5) is 26.7 Å². The van der Waals surface area contributed by atoms with Crippen molar-refractivity contribution in [2.75, 3.05) is 0 Å². The first kappa shape index (κ1) is 21.9. The average Bonchev–Trinajstić information content (AvgIpc) is 3.36. The van der Waals surface area contributed by atoms with E-state index in [0.717, 1.165) is 28.4 Å². The maximum absolute atomic E-state index is 14.1. The third kappa shape index (κ3) is 3.35. The molecule has 0 unspecified atom stereocenters. The third-order valence-corrected chi connectivity index (χ3v) is 6.14. The van der Waals surface area contributed by atoms with Crippen LogP contribution < -0.4 is 0 Å². The number of halogens is 5. The van der Waals surface area contributed by atoms with Crippen LogP contribution in [0.5, 0.6) is 5.75 Å². The van der Waals surface area contributed by atoms with Crippen LogP contribution in [-0.4, -0.2) is 54.8 Å². The highest BCUT2D eigenvalue weighted by molar-refractivity contribution is 7.14. The van der Waals surface area contributed by atoms with Crippen LogP contribution in [0.25, 0.3) is 10.6 Å². The van der Waals surface area contributed by atoms with Gasteiger partial charge in [-0.1, -0.05) is 17.3 Å². The fraction of sp³-hybridized carbons (Fsp3) is 0.368. The van der Waals surface area contributed by atoms with Crippen molar-refractivity contribution >= 4 is 23.3 Å². The van der Waals surface area contributed by atoms with E-state index in [2.05, 4.69) is 16.1 Å². The molecule has 3 amide bonds. The highest BCUT2D eigenvalue weighted by Gasteiger charge is 2.68. The number of nitrogens with zero attached hydrogens (tertiary/aromatic N) is 4. The van der Waals surface area contributed by atoms with Gasteiger partial charge in [0.15, 0.2) is 28.4 Å². The summed E-state index contributed by atoms with van der Waals surface area (Å²) in [5, 5.41) is 17.1. The van der Waals surface area contributed by atoms with E-state index >= 15 is 0 Å². The number of aromatic hydroxyl groups is 1. The summed E-state index contributed by atoms with van der Waals surface area (Å²) in [4.78, 5) is 26.7. The van der Waals surface area contributed by atoms with Crippen LogP contribution in [0.1, 0.15) is 24.8 Å². The van der Waals surface area contributed by atoms with Crippen LogP contribution in [0.3, 0.4) is 0 Å². The molecule has 168 valence electrons. The average molecular weight is 472 g/mol. The van der Waals surface area contributed by atoms with Crippen molar-refractivity contribution in [3.05, 3.63) is 28.8 Å². The molecule has 2 aromatic rings. The molecule has 1 atom stereocenters. The molecule has 0 bridgehead atoms. The summed E-state index contributed by atoms with van der Waals surface area (Å²) in [5.74, 6) is -0.610. The van der Waals surface area contributed by atoms with Gasteiger partial charge in [0.05, 0.1) is 12.1 Å². The fourth-order valence-corrected chi connectivity index (χ4v) is 4.33. The van der Waals surface area contributed by atoms with E-state index in [1.54, 1.807) is 0 Å². The predicted octanol–water partition coefficient (Wildman–Crippen LogP) is 3.44. The summed E-state index contributed by atoms with van der Waals surface area (Å²) < 4.78 is 67.8. The van der Waals surface area contributed by atoms with Crippen LogP contribution in [0.15, 0.2) is 12.1 Å². The van der Waals surface area contributed by atoms with Gasteiger partial charge in [0.2, 0.25) is 0 Å². The monoisotopic (exact) mass is 472 g/mol. The first-order chi connectivity index (χ1) is 15.0. The van der Waals surface area contributed by atoms with E-state index in [4.69, 9.17) is 0 Å². The van der Waals surface area contributed by atoms with Gasteiger partial charge in [-0.2, -0.15) is 13.2 Å². The number of carbonyl (C=O) groups excluding carboxylic acids is 2. The molecule has 2 heterocycles. The molecule has 1 saturated heterocycles. The lowest BCUT2D eigenvalue weighted by Gasteiger charge is -2.23. The molecular weight excluding hydrogens is 459 g/mol. The number of alkyl halides is 3. The van der Waals surface area contributed by atoms with Crippen LogP contribution >= 0.6 is 11.3 Å². The second-order valence-electron chi connectivity index (χ2n) is 7.17. The number of imide groups is 1. The highest BCUT2D eigenvalue weighted by Crippen LogP contribution is 2.50. The van der Waals surface area contributed by atoms with E-state index in [0.29, 0.717) is 0 Å². The quantitative estimate of drug-likeness (QED) is 0.419. The lowest BCUT2D eigenvalue weighted by molar-refractivity contribution is -0.168. The van der Waals surface area contributed by atoms with Crippen molar-refractivity contribution in [1.82, 2.24) is 20.0 Å². The SMILES string of the molecule is CC#C[C@H](N1C(=O)N(Cc2nnc(-c3ccc(F)c(O)c3F)s2)C2(CC2)C1=O)C(F)(F)F. The molecule has 1 spiro atoms. The Morgan fingerprint density at radius 1 is 1.25 bits per heavy atom. The summed E-state index contributed by atoms with van der Waals surface area (Å²) in [5.41, 5.74) is -1.64. The Morgan fingerprint density at radius 2 is 1.94 bits per heavy atom. The number of aromatic nitrogens is 2. The molecule has 2 aliphatic rings. The van der Waals surface area contributed by atoms with Crippen LogP contribution in [-0.2, 0) is 11.3 Å². The Kier molecular flexibility index (Phi) is 5.08. The Labute approximate surface area is 181 Å². The molecule has 7 nitrogen and oxygen atoms in total. The van der Waals surface area contributed by atoms with Crippen molar-refractivity contribution in [1.29, 1.82) is 0 Å². The minimum absolute atomic E-state index is 0.0440. The number of carbonyl (C=O) groups is 2. The molecule has 1 aromatic carbocycles. The molecule has 2 fully saturated rings. The molecule has 1 aliphatic carbocycles. The van der Waals surface area contributed by atoms with Gasteiger partial charge < -0.3 is 10.0 Å². The van der Waals surface area contributed by atoms with Crippen LogP contribution in [0.2, 0.25) is 0 Å². The Morgan fingerprint density at radius 3 is 2.53 bits per heavy atom. The highest BCUT2D eigenvalue weighted by atomic mass is 32.1. The van der Waals surface area contributed by atoms with Gasteiger partial charge in [0, 0.05) is 0 Å². The fourth-order valence-electron chi connectivity index (χ4n) is 3.49. The van der Waals surface area contributed by atoms with E-state index in [1.165, 1.54) is 6.92 Å². The molecule has 1 N–H and O–H groups in total. The van der Waals surface area contributed by atoms with Gasteiger partial charge in [-0.15, -0.1) is 16.1 Å². The van der Waals surface area contributed by atoms with Gasteiger partial charge in [-0.25, -0.2) is 18.5 Å². The zero-order chi connectivity index (χ0) is 23.4. The van der Waals surface area contributed by atoms with E-state index in [9.17, 15) is 36.6 Å². The summed E-state index contributed by atoms with van der Waals surface area (Å²) in [7, 11) is 0. The molecule has 32 heavy (non-hydrogen) atoms. The number of phenolic OH excluding ortho intramolecular Hbond substituents is 1. The van der Waals surface area contributed by atoms with Crippen LogP contribution in [0, 0.1) is 23.5 Å². The van der Waals surface area contributed by atoms with Gasteiger partial charge >= 0.3 is 12.2 Å². The van der Waals surface area contributed by atoms with Gasteiger partial charge in [-0.3, -0.25) is 4.79 Å². The van der Waals surface area contributed by atoms with Crippen molar-refractivity contribution < 1.29 is 36.6 Å². The number of amides is 3. The Bertz CT molecular complexity index is 1180. The number of rotatable bonds is 4. The van der Waals surface area contributed by atoms with Gasteiger partial charge in [-0.05, 0) is 31.9 Å². The topological polar surface area (TPSA) is 86.6 Å². The maximum atomic E-state index is 14.1.